The van der Waals surface area contributed by atoms with Gasteiger partial charge in [-0.2, -0.15) is 0 Å². The van der Waals surface area contributed by atoms with E-state index in [-0.39, 0.29) is 10.5 Å². The van der Waals surface area contributed by atoms with E-state index in [2.05, 4.69) is 5.32 Å². The maximum Gasteiger partial charge on any atom is 0.341 e. The molecule has 1 aliphatic rings. The molecule has 178 valence electrons. The van der Waals surface area contributed by atoms with Crippen LogP contribution in [0.15, 0.2) is 53.4 Å². The van der Waals surface area contributed by atoms with Gasteiger partial charge in [-0.15, -0.1) is 0 Å². The molecule has 0 bridgehead atoms. The lowest BCUT2D eigenvalue weighted by molar-refractivity contribution is -0.129. The van der Waals surface area contributed by atoms with Gasteiger partial charge in [-0.1, -0.05) is 30.3 Å². The first-order valence-corrected chi connectivity index (χ1v) is 12.5. The van der Waals surface area contributed by atoms with Gasteiger partial charge in [-0.3, -0.25) is 4.79 Å². The number of benzene rings is 2. The third-order valence-corrected chi connectivity index (χ3v) is 7.43. The van der Waals surface area contributed by atoms with E-state index in [9.17, 15) is 18.0 Å². The minimum Gasteiger partial charge on any atom is -0.449 e. The highest BCUT2D eigenvalue weighted by molar-refractivity contribution is 7.89. The second-order valence-corrected chi connectivity index (χ2v) is 10.4. The monoisotopic (exact) mass is 473 g/mol. The minimum absolute atomic E-state index is 0.00219. The van der Waals surface area contributed by atoms with Gasteiger partial charge in [-0.25, -0.2) is 17.5 Å². The van der Waals surface area contributed by atoms with Crippen LogP contribution < -0.4 is 10.2 Å². The van der Waals surface area contributed by atoms with Gasteiger partial charge in [0.2, 0.25) is 10.0 Å². The zero-order chi connectivity index (χ0) is 24.0. The zero-order valence-corrected chi connectivity index (χ0v) is 20.1. The van der Waals surface area contributed by atoms with Crippen LogP contribution in [0.1, 0.15) is 35.7 Å². The molecule has 1 unspecified atom stereocenters. The lowest BCUT2D eigenvalue weighted by Crippen LogP contribution is -2.37. The van der Waals surface area contributed by atoms with Crippen LogP contribution in [0.2, 0.25) is 0 Å². The van der Waals surface area contributed by atoms with E-state index in [0.29, 0.717) is 18.7 Å². The van der Waals surface area contributed by atoms with Gasteiger partial charge in [0.25, 0.3) is 5.91 Å². The number of anilines is 1. The first kappa shape index (κ1) is 24.7. The molecule has 1 amide bonds. The van der Waals surface area contributed by atoms with E-state index in [1.54, 1.807) is 6.07 Å². The number of ether oxygens (including phenoxy) is 1. The third kappa shape index (κ3) is 6.11. The standard InChI is InChI=1S/C24H31N3O5S/c1-18(23(28)25-14-13-19-9-5-4-6-10-19)32-24(29)21-17-20(33(30,31)26(2)3)11-12-22(21)27-15-7-8-16-27/h4-6,9-12,17-18H,7-8,13-16H2,1-3H3,(H,25,28). The minimum atomic E-state index is -3.73. The number of rotatable bonds is 9. The van der Waals surface area contributed by atoms with E-state index in [1.165, 1.54) is 33.2 Å². The molecule has 1 saturated heterocycles. The summed E-state index contributed by atoms with van der Waals surface area (Å²) in [6.45, 7) is 3.47. The van der Waals surface area contributed by atoms with Crippen molar-refractivity contribution < 1.29 is 22.7 Å². The molecule has 1 N–H and O–H groups in total. The molecule has 2 aromatic carbocycles. The molecule has 0 aromatic heterocycles. The van der Waals surface area contributed by atoms with Gasteiger partial charge < -0.3 is 15.0 Å². The van der Waals surface area contributed by atoms with Gasteiger partial charge in [0.05, 0.1) is 16.1 Å². The Morgan fingerprint density at radius 3 is 2.39 bits per heavy atom. The van der Waals surface area contributed by atoms with Crippen LogP contribution in [-0.4, -0.2) is 64.4 Å². The average molecular weight is 474 g/mol. The van der Waals surface area contributed by atoms with Crippen molar-refractivity contribution in [1.29, 1.82) is 0 Å². The van der Waals surface area contributed by atoms with Crippen molar-refractivity contribution in [2.75, 3.05) is 38.6 Å². The van der Waals surface area contributed by atoms with E-state index in [1.807, 2.05) is 35.2 Å². The second-order valence-electron chi connectivity index (χ2n) is 8.23. The van der Waals surface area contributed by atoms with Gasteiger partial charge in [-0.05, 0) is 49.9 Å². The molecule has 0 spiro atoms. The Balaban J connectivity index is 1.73. The summed E-state index contributed by atoms with van der Waals surface area (Å²) in [6, 6.07) is 14.2. The number of hydrogen-bond acceptors (Lipinski definition) is 6. The van der Waals surface area contributed by atoms with Crippen molar-refractivity contribution in [1.82, 2.24) is 9.62 Å². The van der Waals surface area contributed by atoms with Crippen molar-refractivity contribution in [3.8, 4) is 0 Å². The fourth-order valence-electron chi connectivity index (χ4n) is 3.68. The molecule has 1 heterocycles. The Morgan fingerprint density at radius 2 is 1.76 bits per heavy atom. The molecule has 3 rings (SSSR count). The fraction of sp³-hybridized carbons (Fsp3) is 0.417. The highest BCUT2D eigenvalue weighted by atomic mass is 32.2. The van der Waals surface area contributed by atoms with Crippen LogP contribution in [0.5, 0.6) is 0 Å². The quantitative estimate of drug-likeness (QED) is 0.562. The topological polar surface area (TPSA) is 96.0 Å². The maximum atomic E-state index is 13.0. The molecule has 0 aliphatic carbocycles. The van der Waals surface area contributed by atoms with Crippen LogP contribution in [0.3, 0.4) is 0 Å². The van der Waals surface area contributed by atoms with Crippen molar-refractivity contribution in [3.63, 3.8) is 0 Å². The van der Waals surface area contributed by atoms with Crippen molar-refractivity contribution in [3.05, 3.63) is 59.7 Å². The summed E-state index contributed by atoms with van der Waals surface area (Å²) in [5, 5.41) is 2.78. The highest BCUT2D eigenvalue weighted by Gasteiger charge is 2.27. The number of sulfonamides is 1. The van der Waals surface area contributed by atoms with Gasteiger partial charge in [0, 0.05) is 33.7 Å². The Kier molecular flexibility index (Phi) is 8.10. The van der Waals surface area contributed by atoms with Gasteiger partial charge >= 0.3 is 5.97 Å². The zero-order valence-electron chi connectivity index (χ0n) is 19.3. The summed E-state index contributed by atoms with van der Waals surface area (Å²) in [4.78, 5) is 27.5. The molecule has 8 nitrogen and oxygen atoms in total. The fourth-order valence-corrected chi connectivity index (χ4v) is 4.61. The predicted octanol–water partition coefficient (Wildman–Crippen LogP) is 2.44. The van der Waals surface area contributed by atoms with E-state index in [0.717, 1.165) is 35.8 Å². The summed E-state index contributed by atoms with van der Waals surface area (Å²) >= 11 is 0. The Labute approximate surface area is 195 Å². The summed E-state index contributed by atoms with van der Waals surface area (Å²) in [5.41, 5.74) is 1.85. The number of hydrogen-bond donors (Lipinski definition) is 1. The summed E-state index contributed by atoms with van der Waals surface area (Å²) in [6.07, 6.45) is 1.63. The number of nitrogens with zero attached hydrogens (tertiary/aromatic N) is 2. The SMILES string of the molecule is CC(OC(=O)c1cc(S(=O)(=O)N(C)C)ccc1N1CCCC1)C(=O)NCCc1ccccc1. The van der Waals surface area contributed by atoms with E-state index in [4.69, 9.17) is 4.74 Å². The maximum absolute atomic E-state index is 13.0. The van der Waals surface area contributed by atoms with Crippen LogP contribution in [0, 0.1) is 0 Å². The average Bonchev–Trinajstić information content (AvgIpc) is 3.34. The lowest BCUT2D eigenvalue weighted by Gasteiger charge is -2.23. The third-order valence-electron chi connectivity index (χ3n) is 5.62. The van der Waals surface area contributed by atoms with Crippen LogP contribution in [0.25, 0.3) is 0 Å². The van der Waals surface area contributed by atoms with Crippen LogP contribution in [-0.2, 0) is 26.0 Å². The second kappa shape index (κ2) is 10.8. The molecule has 2 aromatic rings. The predicted molar refractivity (Wildman–Crippen MR) is 127 cm³/mol. The van der Waals surface area contributed by atoms with E-state index >= 15 is 0 Å². The summed E-state index contributed by atoms with van der Waals surface area (Å²) < 4.78 is 31.7. The van der Waals surface area contributed by atoms with Crippen molar-refractivity contribution in [2.45, 2.75) is 37.2 Å². The lowest BCUT2D eigenvalue weighted by atomic mass is 10.1. The number of amides is 1. The van der Waals surface area contributed by atoms with Gasteiger partial charge in [0.1, 0.15) is 0 Å². The Hall–Kier alpha value is -2.91. The molecule has 1 atom stereocenters. The Morgan fingerprint density at radius 1 is 1.09 bits per heavy atom. The molecule has 9 heteroatoms. The van der Waals surface area contributed by atoms with Crippen LogP contribution >= 0.6 is 0 Å². The molecule has 1 aliphatic heterocycles. The summed E-state index contributed by atoms with van der Waals surface area (Å²) in [5.74, 6) is -1.13. The molecule has 33 heavy (non-hydrogen) atoms. The number of carbonyl (C=O) groups excluding carboxylic acids is 2. The molecular weight excluding hydrogens is 442 g/mol. The number of esters is 1. The Bertz CT molecular complexity index is 1080. The van der Waals surface area contributed by atoms with Crippen molar-refractivity contribution >= 4 is 27.6 Å². The van der Waals surface area contributed by atoms with E-state index < -0.39 is 28.0 Å². The molecule has 0 saturated carbocycles. The number of carbonyl (C=O) groups is 2. The van der Waals surface area contributed by atoms with Gasteiger partial charge in [0.15, 0.2) is 6.10 Å². The smallest absolute Gasteiger partial charge is 0.341 e. The first-order valence-electron chi connectivity index (χ1n) is 11.0. The normalized spacial score (nSPS) is 14.8. The first-order chi connectivity index (χ1) is 15.7. The van der Waals surface area contributed by atoms with Crippen LogP contribution in [0.4, 0.5) is 5.69 Å². The highest BCUT2D eigenvalue weighted by Crippen LogP contribution is 2.29. The molecular formula is C24H31N3O5S. The van der Waals surface area contributed by atoms with Crippen molar-refractivity contribution in [2.24, 2.45) is 0 Å². The molecule has 1 fully saturated rings. The number of nitrogens with one attached hydrogen (secondary N) is 1. The molecule has 0 radical (unpaired) electrons. The largest absolute Gasteiger partial charge is 0.449 e. The summed E-state index contributed by atoms with van der Waals surface area (Å²) in [7, 11) is -0.860.